The molecule has 1 aliphatic carbocycles. The van der Waals surface area contributed by atoms with Crippen LogP contribution in [0.5, 0.6) is 28.7 Å². The van der Waals surface area contributed by atoms with Crippen molar-refractivity contribution in [2.75, 3.05) is 108 Å². The Morgan fingerprint density at radius 1 is 0.576 bits per heavy atom. The molecule has 0 saturated heterocycles. The minimum absolute atomic E-state index is 0.0459. The van der Waals surface area contributed by atoms with Gasteiger partial charge in [-0.15, -0.1) is 0 Å². The van der Waals surface area contributed by atoms with Gasteiger partial charge in [0.2, 0.25) is 17.7 Å². The summed E-state index contributed by atoms with van der Waals surface area (Å²) in [5.74, 6) is 7.09. The number of nitrogens with one attached hydrogen (secondary N) is 10. The van der Waals surface area contributed by atoms with Crippen molar-refractivity contribution < 1.29 is 42.9 Å². The third-order valence-corrected chi connectivity index (χ3v) is 13.5. The van der Waals surface area contributed by atoms with Gasteiger partial charge in [0, 0.05) is 58.6 Å². The van der Waals surface area contributed by atoms with Crippen molar-refractivity contribution in [2.45, 2.75) is 58.8 Å². The fourth-order valence-electron chi connectivity index (χ4n) is 9.13. The normalized spacial score (nSPS) is 12.9. The number of fused-ring (bicyclic) bond motifs is 5. The van der Waals surface area contributed by atoms with E-state index in [1.807, 2.05) is 43.4 Å². The highest BCUT2D eigenvalue weighted by atomic mass is 16.6. The Labute approximate surface area is 487 Å². The summed E-state index contributed by atoms with van der Waals surface area (Å²) < 4.78 is 33.0. The second-order valence-corrected chi connectivity index (χ2v) is 19.2. The van der Waals surface area contributed by atoms with Crippen LogP contribution in [0.4, 0.5) is 74.7 Å². The molecular formula is C57H65N19O9. The summed E-state index contributed by atoms with van der Waals surface area (Å²) in [6.07, 6.45) is 8.24. The zero-order valence-corrected chi connectivity index (χ0v) is 48.0. The minimum Gasteiger partial charge on any atom is -0.493 e. The molecule has 2 aliphatic heterocycles. The lowest BCUT2D eigenvalue weighted by molar-refractivity contribution is -0.119. The molecule has 3 aromatic carbocycles. The molecule has 10 N–H and O–H groups in total. The highest BCUT2D eigenvalue weighted by Crippen LogP contribution is 2.48. The Balaban J connectivity index is 0.000000142. The largest absolute Gasteiger partial charge is 0.493 e. The van der Waals surface area contributed by atoms with E-state index in [0.717, 1.165) is 17.3 Å². The summed E-state index contributed by atoms with van der Waals surface area (Å²) in [7, 11) is 8.54. The monoisotopic (exact) mass is 1160 g/mol. The van der Waals surface area contributed by atoms with Crippen LogP contribution in [0.15, 0.2) is 85.3 Å². The molecule has 0 radical (unpaired) electrons. The van der Waals surface area contributed by atoms with E-state index in [1.54, 1.807) is 99.4 Å². The number of nitrogens with zero attached hydrogens (tertiary/aromatic N) is 9. The number of anilines is 13. The van der Waals surface area contributed by atoms with E-state index in [9.17, 15) is 19.2 Å². The van der Waals surface area contributed by atoms with Gasteiger partial charge in [-0.05, 0) is 60.7 Å². The molecule has 442 valence electrons. The second-order valence-electron chi connectivity index (χ2n) is 19.2. The molecule has 4 amide bonds. The van der Waals surface area contributed by atoms with E-state index >= 15 is 0 Å². The molecule has 28 nitrogen and oxygen atoms in total. The Kier molecular flexibility index (Phi) is 17.3. The van der Waals surface area contributed by atoms with E-state index in [-0.39, 0.29) is 30.2 Å². The van der Waals surface area contributed by atoms with Crippen molar-refractivity contribution in [3.63, 3.8) is 0 Å². The van der Waals surface area contributed by atoms with E-state index in [1.165, 1.54) is 18.4 Å². The average Bonchev–Trinajstić information content (AvgIpc) is 2.59. The first-order valence-corrected chi connectivity index (χ1v) is 27.5. The van der Waals surface area contributed by atoms with Crippen molar-refractivity contribution in [3.8, 4) is 28.7 Å². The molecule has 0 spiro atoms. The lowest BCUT2D eigenvalue weighted by atomic mass is 10.1. The first-order valence-electron chi connectivity index (χ1n) is 27.5. The maximum atomic E-state index is 11.9. The lowest BCUT2D eigenvalue weighted by Gasteiger charge is -2.23. The number of rotatable bonds is 18. The standard InChI is InChI=1S/C21H24N6O3.C18H19N7O3.C18H22N6O3/c1-3-19(28)25-15-11-23-27-18(22-2)10-17(26-21(15)27)24-14-8-13(12-4-5-12)9-16-20(14)30-7-6-29-16;1-3-15(26)23-12-8-20-25-14(19-2)7-13(24-18(12)25)21-10-5-4-6-11-17(10)28-9-16(27)22-11;1-5-16(25)22-12-10-20-24-15(19-2)9-14(23-18(12)24)21-11-7-6-8-13(26-3)17(11)27-4/h8-12,22H,3-7H2,1-2H3,(H,24,26)(H,25,28);4-8,19H,3,9H2,1-2H3,(H,21,24)(H,22,27)(H,23,26);6-10,19H,5H2,1-4H3,(H,21,23)(H,22,25). The number of ether oxygens (including phenoxy) is 5. The SMILES string of the molecule is CCC(=O)Nc1cnn2c(NC)cc(Nc3cc(C4CC4)cc4c3OCCO4)nc12.CCC(=O)Nc1cnn2c(NC)cc(Nc3cccc(OC)c3OC)nc12.CCC(=O)Nc1cnn2c(NC)cc(Nc3cccc4c3OCC(=O)N4)nc12. The summed E-state index contributed by atoms with van der Waals surface area (Å²) in [6.45, 7) is 6.38. The zero-order chi connectivity index (χ0) is 59.7. The maximum absolute atomic E-state index is 11.9. The van der Waals surface area contributed by atoms with Gasteiger partial charge in [-0.1, -0.05) is 32.9 Å². The van der Waals surface area contributed by atoms with Crippen molar-refractivity contribution in [3.05, 3.63) is 90.9 Å². The van der Waals surface area contributed by atoms with Crippen LogP contribution in [0.2, 0.25) is 0 Å². The Hall–Kier alpha value is -10.8. The van der Waals surface area contributed by atoms with Gasteiger partial charge in [0.25, 0.3) is 5.91 Å². The number of amides is 4. The van der Waals surface area contributed by atoms with E-state index in [0.29, 0.717) is 142 Å². The predicted molar refractivity (Wildman–Crippen MR) is 324 cm³/mol. The van der Waals surface area contributed by atoms with E-state index in [4.69, 9.17) is 28.7 Å². The van der Waals surface area contributed by atoms with Crippen molar-refractivity contribution in [2.24, 2.45) is 0 Å². The first-order chi connectivity index (χ1) is 41.3. The first kappa shape index (κ1) is 57.4. The van der Waals surface area contributed by atoms with Gasteiger partial charge in [-0.2, -0.15) is 28.8 Å². The number of carbonyl (C=O) groups excluding carboxylic acids is 4. The van der Waals surface area contributed by atoms with Gasteiger partial charge in [0.15, 0.2) is 52.3 Å². The highest BCUT2D eigenvalue weighted by molar-refractivity contribution is 5.98. The molecular weight excluding hydrogens is 1090 g/mol. The number of carbonyl (C=O) groups is 4. The summed E-state index contributed by atoms with van der Waals surface area (Å²) in [6, 6.07) is 20.6. The van der Waals surface area contributed by atoms with Gasteiger partial charge in [-0.25, -0.2) is 15.0 Å². The Morgan fingerprint density at radius 2 is 1.06 bits per heavy atom. The van der Waals surface area contributed by atoms with Crippen LogP contribution in [0, 0.1) is 0 Å². The third kappa shape index (κ3) is 12.7. The van der Waals surface area contributed by atoms with Gasteiger partial charge >= 0.3 is 0 Å². The molecule has 28 heteroatoms. The maximum Gasteiger partial charge on any atom is 0.262 e. The third-order valence-electron chi connectivity index (χ3n) is 13.5. The zero-order valence-electron chi connectivity index (χ0n) is 48.0. The van der Waals surface area contributed by atoms with Crippen molar-refractivity contribution in [1.29, 1.82) is 0 Å². The summed E-state index contributed by atoms with van der Waals surface area (Å²) in [5.41, 5.74) is 7.23. The minimum atomic E-state index is -0.197. The number of hydrogen-bond donors (Lipinski definition) is 10. The molecule has 6 aromatic heterocycles. The topological polar surface area (TPSA) is 325 Å². The quantitative estimate of drug-likeness (QED) is 0.0384. The van der Waals surface area contributed by atoms with Gasteiger partial charge in [0.1, 0.15) is 65.2 Å². The molecule has 0 atom stereocenters. The van der Waals surface area contributed by atoms with Crippen LogP contribution >= 0.6 is 0 Å². The fourth-order valence-corrected chi connectivity index (χ4v) is 9.13. The summed E-state index contributed by atoms with van der Waals surface area (Å²) in [5, 5.41) is 43.3. The molecule has 1 fully saturated rings. The van der Waals surface area contributed by atoms with Gasteiger partial charge in [-0.3, -0.25) is 19.2 Å². The molecule has 8 heterocycles. The molecule has 12 rings (SSSR count). The van der Waals surface area contributed by atoms with Crippen molar-refractivity contribution >= 4 is 115 Å². The fraction of sp³-hybridized carbons (Fsp3) is 0.298. The molecule has 3 aliphatic rings. The van der Waals surface area contributed by atoms with Crippen LogP contribution in [0.25, 0.3) is 16.9 Å². The second kappa shape index (κ2) is 25.6. The number of benzene rings is 3. The molecule has 0 bridgehead atoms. The van der Waals surface area contributed by atoms with Crippen LogP contribution < -0.4 is 76.9 Å². The molecule has 1 saturated carbocycles. The average molecular weight is 1160 g/mol. The lowest BCUT2D eigenvalue weighted by Crippen LogP contribution is -2.25. The number of aromatic nitrogens is 9. The summed E-state index contributed by atoms with van der Waals surface area (Å²) in [4.78, 5) is 60.8. The number of hydrogen-bond acceptors (Lipinski definition) is 21. The summed E-state index contributed by atoms with van der Waals surface area (Å²) >= 11 is 0. The Morgan fingerprint density at radius 3 is 1.54 bits per heavy atom. The van der Waals surface area contributed by atoms with Crippen molar-refractivity contribution in [1.82, 2.24) is 43.8 Å². The highest BCUT2D eigenvalue weighted by Gasteiger charge is 2.28. The molecule has 9 aromatic rings. The smallest absolute Gasteiger partial charge is 0.262 e. The van der Waals surface area contributed by atoms with E-state index < -0.39 is 0 Å². The number of methoxy groups -OCH3 is 2. The molecule has 85 heavy (non-hydrogen) atoms. The Bertz CT molecular complexity index is 3970. The predicted octanol–water partition coefficient (Wildman–Crippen LogP) is 8.59. The van der Waals surface area contributed by atoms with Crippen LogP contribution in [-0.2, 0) is 19.2 Å². The van der Waals surface area contributed by atoms with Crippen LogP contribution in [0.1, 0.15) is 64.4 Å². The van der Waals surface area contributed by atoms with Crippen LogP contribution in [-0.4, -0.2) is 123 Å². The van der Waals surface area contributed by atoms with Gasteiger partial charge < -0.3 is 76.9 Å². The van der Waals surface area contributed by atoms with Crippen LogP contribution in [0.3, 0.4) is 0 Å². The van der Waals surface area contributed by atoms with Gasteiger partial charge in [0.05, 0.1) is 55.6 Å². The number of para-hydroxylation sites is 2. The molecule has 0 unspecified atom stereocenters. The van der Waals surface area contributed by atoms with E-state index in [2.05, 4.69) is 90.6 Å².